The standard InChI is InChI=1S/C14H8BrN3O3/c15-8-5-6-12(9(7-8)13(19)20)21-14-16-10-3-1-2-4-11(10)17-18-14/h1-7H,(H,19,20). The van der Waals surface area contributed by atoms with E-state index in [9.17, 15) is 9.90 Å². The largest absolute Gasteiger partial charge is 0.478 e. The summed E-state index contributed by atoms with van der Waals surface area (Å²) >= 11 is 3.22. The van der Waals surface area contributed by atoms with Crippen LogP contribution in [-0.2, 0) is 0 Å². The van der Waals surface area contributed by atoms with Gasteiger partial charge in [-0.25, -0.2) is 4.79 Å². The third-order valence-corrected chi connectivity index (χ3v) is 3.21. The molecule has 1 N–H and O–H groups in total. The average Bonchev–Trinajstić information content (AvgIpc) is 2.49. The fourth-order valence-corrected chi connectivity index (χ4v) is 2.13. The molecule has 0 aliphatic carbocycles. The molecule has 1 heterocycles. The lowest BCUT2D eigenvalue weighted by Crippen LogP contribution is -2.02. The lowest BCUT2D eigenvalue weighted by atomic mass is 10.2. The molecule has 0 aliphatic heterocycles. The van der Waals surface area contributed by atoms with Crippen molar-refractivity contribution in [3.05, 3.63) is 52.5 Å². The summed E-state index contributed by atoms with van der Waals surface area (Å²) in [6.45, 7) is 0. The minimum atomic E-state index is -1.10. The summed E-state index contributed by atoms with van der Waals surface area (Å²) in [5.74, 6) is -0.942. The molecule has 0 fully saturated rings. The van der Waals surface area contributed by atoms with E-state index in [0.29, 0.717) is 15.5 Å². The first-order chi connectivity index (χ1) is 10.1. The molecule has 104 valence electrons. The highest BCUT2D eigenvalue weighted by molar-refractivity contribution is 9.10. The summed E-state index contributed by atoms with van der Waals surface area (Å²) in [5, 5.41) is 17.0. The Hall–Kier alpha value is -2.54. The topological polar surface area (TPSA) is 85.2 Å². The van der Waals surface area contributed by atoms with E-state index in [1.54, 1.807) is 18.2 Å². The maximum atomic E-state index is 11.2. The fourth-order valence-electron chi connectivity index (χ4n) is 1.77. The molecule has 21 heavy (non-hydrogen) atoms. The van der Waals surface area contributed by atoms with Crippen LogP contribution in [0.2, 0.25) is 0 Å². The molecule has 0 unspecified atom stereocenters. The average molecular weight is 346 g/mol. The number of hydrogen-bond donors (Lipinski definition) is 1. The van der Waals surface area contributed by atoms with Gasteiger partial charge in [0.15, 0.2) is 0 Å². The quantitative estimate of drug-likeness (QED) is 0.783. The third kappa shape index (κ3) is 2.82. The Bertz CT molecular complexity index is 839. The lowest BCUT2D eigenvalue weighted by molar-refractivity contribution is 0.0694. The predicted molar refractivity (Wildman–Crippen MR) is 78.5 cm³/mol. The summed E-state index contributed by atoms with van der Waals surface area (Å²) in [7, 11) is 0. The number of rotatable bonds is 3. The van der Waals surface area contributed by atoms with Gasteiger partial charge in [0, 0.05) is 4.47 Å². The van der Waals surface area contributed by atoms with Crippen LogP contribution in [0.4, 0.5) is 0 Å². The number of aromatic carboxylic acids is 1. The number of fused-ring (bicyclic) bond motifs is 1. The molecule has 0 saturated heterocycles. The van der Waals surface area contributed by atoms with Crippen LogP contribution < -0.4 is 4.74 Å². The van der Waals surface area contributed by atoms with E-state index in [4.69, 9.17) is 4.74 Å². The highest BCUT2D eigenvalue weighted by Gasteiger charge is 2.14. The Morgan fingerprint density at radius 2 is 1.86 bits per heavy atom. The van der Waals surface area contributed by atoms with Crippen molar-refractivity contribution in [2.75, 3.05) is 0 Å². The third-order valence-electron chi connectivity index (χ3n) is 2.71. The number of carboxylic acids is 1. The zero-order valence-electron chi connectivity index (χ0n) is 10.5. The van der Waals surface area contributed by atoms with Crippen molar-refractivity contribution in [3.63, 3.8) is 0 Å². The van der Waals surface area contributed by atoms with Gasteiger partial charge in [0.2, 0.25) is 0 Å². The van der Waals surface area contributed by atoms with Crippen LogP contribution in [0.15, 0.2) is 46.9 Å². The smallest absolute Gasteiger partial charge is 0.341 e. The molecule has 6 nitrogen and oxygen atoms in total. The van der Waals surface area contributed by atoms with Crippen molar-refractivity contribution < 1.29 is 14.6 Å². The Balaban J connectivity index is 2.00. The second kappa shape index (κ2) is 5.45. The summed E-state index contributed by atoms with van der Waals surface area (Å²) in [5.41, 5.74) is 1.27. The van der Waals surface area contributed by atoms with Gasteiger partial charge in [-0.1, -0.05) is 33.2 Å². The second-order valence-electron chi connectivity index (χ2n) is 4.13. The van der Waals surface area contributed by atoms with E-state index in [1.807, 2.05) is 12.1 Å². The maximum absolute atomic E-state index is 11.2. The van der Waals surface area contributed by atoms with E-state index in [0.717, 1.165) is 0 Å². The van der Waals surface area contributed by atoms with Gasteiger partial charge >= 0.3 is 12.0 Å². The molecule has 3 aromatic rings. The van der Waals surface area contributed by atoms with E-state index in [2.05, 4.69) is 31.1 Å². The van der Waals surface area contributed by atoms with Gasteiger partial charge in [-0.2, -0.15) is 4.98 Å². The summed E-state index contributed by atoms with van der Waals surface area (Å²) in [6.07, 6.45) is 0. The molecule has 0 bridgehead atoms. The molecule has 3 rings (SSSR count). The minimum Gasteiger partial charge on any atom is -0.478 e. The number of carbonyl (C=O) groups is 1. The number of nitrogens with zero attached hydrogens (tertiary/aromatic N) is 3. The van der Waals surface area contributed by atoms with Crippen LogP contribution in [0.5, 0.6) is 11.8 Å². The van der Waals surface area contributed by atoms with Crippen LogP contribution in [0, 0.1) is 0 Å². The van der Waals surface area contributed by atoms with Gasteiger partial charge in [0.05, 0.1) is 5.52 Å². The van der Waals surface area contributed by atoms with Crippen LogP contribution in [0.1, 0.15) is 10.4 Å². The van der Waals surface area contributed by atoms with Crippen molar-refractivity contribution >= 4 is 32.9 Å². The molecule has 2 aromatic carbocycles. The van der Waals surface area contributed by atoms with E-state index in [1.165, 1.54) is 12.1 Å². The van der Waals surface area contributed by atoms with E-state index >= 15 is 0 Å². The first-order valence-corrected chi connectivity index (χ1v) is 6.73. The summed E-state index contributed by atoms with van der Waals surface area (Å²) in [4.78, 5) is 15.4. The van der Waals surface area contributed by atoms with Gasteiger partial charge in [-0.05, 0) is 30.3 Å². The molecular weight excluding hydrogens is 338 g/mol. The normalized spacial score (nSPS) is 10.5. The van der Waals surface area contributed by atoms with Crippen LogP contribution in [0.3, 0.4) is 0 Å². The minimum absolute atomic E-state index is 0.00137. The number of benzene rings is 2. The molecular formula is C14H8BrN3O3. The predicted octanol–water partition coefficient (Wildman–Crippen LogP) is 3.28. The van der Waals surface area contributed by atoms with Gasteiger partial charge in [-0.3, -0.25) is 0 Å². The zero-order valence-corrected chi connectivity index (χ0v) is 12.1. The molecule has 0 saturated carbocycles. The SMILES string of the molecule is O=C(O)c1cc(Br)ccc1Oc1nnc2ccccc2n1. The van der Waals surface area contributed by atoms with Crippen LogP contribution in [-0.4, -0.2) is 26.3 Å². The van der Waals surface area contributed by atoms with Crippen molar-refractivity contribution in [1.82, 2.24) is 15.2 Å². The Morgan fingerprint density at radius 1 is 1.10 bits per heavy atom. The van der Waals surface area contributed by atoms with Gasteiger partial charge in [-0.15, -0.1) is 5.10 Å². The monoisotopic (exact) mass is 345 g/mol. The Kier molecular flexibility index (Phi) is 3.49. The Morgan fingerprint density at radius 3 is 2.62 bits per heavy atom. The van der Waals surface area contributed by atoms with Gasteiger partial charge in [0.25, 0.3) is 0 Å². The van der Waals surface area contributed by atoms with Gasteiger partial charge in [0.1, 0.15) is 16.8 Å². The van der Waals surface area contributed by atoms with Crippen molar-refractivity contribution in [2.45, 2.75) is 0 Å². The molecule has 7 heteroatoms. The number of aromatic nitrogens is 3. The molecule has 1 aromatic heterocycles. The van der Waals surface area contributed by atoms with Crippen LogP contribution >= 0.6 is 15.9 Å². The molecule has 0 aliphatic rings. The number of hydrogen-bond acceptors (Lipinski definition) is 5. The number of para-hydroxylation sites is 1. The van der Waals surface area contributed by atoms with Crippen molar-refractivity contribution in [3.8, 4) is 11.8 Å². The maximum Gasteiger partial charge on any atom is 0.341 e. The highest BCUT2D eigenvalue weighted by atomic mass is 79.9. The first-order valence-electron chi connectivity index (χ1n) is 5.93. The van der Waals surface area contributed by atoms with E-state index in [-0.39, 0.29) is 17.3 Å². The molecule has 0 radical (unpaired) electrons. The summed E-state index contributed by atoms with van der Waals surface area (Å²) < 4.78 is 6.09. The van der Waals surface area contributed by atoms with Crippen molar-refractivity contribution in [2.24, 2.45) is 0 Å². The fraction of sp³-hybridized carbons (Fsp3) is 0. The number of carboxylic acid groups (broad SMARTS) is 1. The highest BCUT2D eigenvalue weighted by Crippen LogP contribution is 2.26. The molecule has 0 atom stereocenters. The van der Waals surface area contributed by atoms with Crippen LogP contribution in [0.25, 0.3) is 11.0 Å². The molecule has 0 amide bonds. The second-order valence-corrected chi connectivity index (χ2v) is 5.05. The zero-order chi connectivity index (χ0) is 14.8. The van der Waals surface area contributed by atoms with E-state index < -0.39 is 5.97 Å². The summed E-state index contributed by atoms with van der Waals surface area (Å²) in [6, 6.07) is 11.9. The number of halogens is 1. The van der Waals surface area contributed by atoms with Gasteiger partial charge < -0.3 is 9.84 Å². The first kappa shape index (κ1) is 13.4. The Labute approximate surface area is 127 Å². The lowest BCUT2D eigenvalue weighted by Gasteiger charge is -2.07. The number of ether oxygens (including phenoxy) is 1. The van der Waals surface area contributed by atoms with Crippen molar-refractivity contribution in [1.29, 1.82) is 0 Å². The molecule has 0 spiro atoms.